The number of aromatic nitrogens is 1. The summed E-state index contributed by atoms with van der Waals surface area (Å²) in [6.45, 7) is 2.55. The van der Waals surface area contributed by atoms with Gasteiger partial charge in [0, 0.05) is 12.6 Å². The van der Waals surface area contributed by atoms with Gasteiger partial charge in [0.25, 0.3) is 5.69 Å². The highest BCUT2D eigenvalue weighted by atomic mass is 16.6. The molecular formula is C11H16N4O3. The van der Waals surface area contributed by atoms with Gasteiger partial charge in [0.05, 0.1) is 23.2 Å². The van der Waals surface area contributed by atoms with E-state index in [0.29, 0.717) is 31.0 Å². The molecule has 0 aliphatic heterocycles. The van der Waals surface area contributed by atoms with Crippen molar-refractivity contribution >= 4 is 17.3 Å². The fourth-order valence-electron chi connectivity index (χ4n) is 1.88. The van der Waals surface area contributed by atoms with Crippen molar-refractivity contribution < 1.29 is 10.0 Å². The van der Waals surface area contributed by atoms with Crippen LogP contribution in [0, 0.1) is 10.1 Å². The third kappa shape index (κ3) is 2.86. The summed E-state index contributed by atoms with van der Waals surface area (Å²) in [5, 5.41) is 26.1. The summed E-state index contributed by atoms with van der Waals surface area (Å²) in [5.74, 6) is 0.950. The highest BCUT2D eigenvalue weighted by Gasteiger charge is 2.27. The van der Waals surface area contributed by atoms with Crippen LogP contribution in [0.4, 0.5) is 17.3 Å². The smallest absolute Gasteiger partial charge is 0.276 e. The minimum Gasteiger partial charge on any atom is -0.393 e. The topological polar surface area (TPSA) is 100 Å². The predicted molar refractivity (Wildman–Crippen MR) is 67.7 cm³/mol. The second kappa shape index (κ2) is 5.18. The van der Waals surface area contributed by atoms with Crippen molar-refractivity contribution in [1.29, 1.82) is 0 Å². The summed E-state index contributed by atoms with van der Waals surface area (Å²) < 4.78 is 0. The summed E-state index contributed by atoms with van der Waals surface area (Å²) in [5.41, 5.74) is 0.00308. The molecule has 1 aromatic heterocycles. The number of pyridine rings is 1. The van der Waals surface area contributed by atoms with Crippen LogP contribution in [-0.2, 0) is 0 Å². The molecule has 0 amide bonds. The van der Waals surface area contributed by atoms with Gasteiger partial charge in [-0.15, -0.1) is 0 Å². The van der Waals surface area contributed by atoms with Crippen LogP contribution in [0.3, 0.4) is 0 Å². The van der Waals surface area contributed by atoms with Gasteiger partial charge in [-0.3, -0.25) is 10.1 Å². The maximum atomic E-state index is 10.8. The second-order valence-electron chi connectivity index (χ2n) is 4.35. The lowest BCUT2D eigenvalue weighted by Gasteiger charge is -2.32. The van der Waals surface area contributed by atoms with E-state index in [0.717, 1.165) is 0 Å². The molecule has 0 atom stereocenters. The van der Waals surface area contributed by atoms with E-state index < -0.39 is 4.92 Å². The number of hydrogen-bond acceptors (Lipinski definition) is 6. The van der Waals surface area contributed by atoms with Crippen molar-refractivity contribution in [2.45, 2.75) is 31.9 Å². The van der Waals surface area contributed by atoms with Crippen molar-refractivity contribution in [2.75, 3.05) is 17.2 Å². The van der Waals surface area contributed by atoms with Crippen molar-refractivity contribution in [1.82, 2.24) is 4.98 Å². The Morgan fingerprint density at radius 3 is 2.72 bits per heavy atom. The molecule has 98 valence electrons. The molecular weight excluding hydrogens is 236 g/mol. The first kappa shape index (κ1) is 12.6. The van der Waals surface area contributed by atoms with Crippen molar-refractivity contribution in [3.05, 3.63) is 22.2 Å². The predicted octanol–water partition coefficient (Wildman–Crippen LogP) is 1.36. The normalized spacial score (nSPS) is 22.1. The van der Waals surface area contributed by atoms with Crippen molar-refractivity contribution in [2.24, 2.45) is 0 Å². The molecule has 2 rings (SSSR count). The Morgan fingerprint density at radius 2 is 2.17 bits per heavy atom. The number of anilines is 2. The lowest BCUT2D eigenvalue weighted by Crippen LogP contribution is -2.39. The maximum Gasteiger partial charge on any atom is 0.276 e. The first-order valence-corrected chi connectivity index (χ1v) is 5.93. The molecule has 0 unspecified atom stereocenters. The SMILES string of the molecule is CCNc1cc([N+](=O)[O-])cc(NC2CC(O)C2)n1. The molecule has 0 saturated heterocycles. The van der Waals surface area contributed by atoms with E-state index in [2.05, 4.69) is 15.6 Å². The van der Waals surface area contributed by atoms with Gasteiger partial charge in [0.15, 0.2) is 0 Å². The average Bonchev–Trinajstić information content (AvgIpc) is 2.27. The van der Waals surface area contributed by atoms with Gasteiger partial charge in [-0.1, -0.05) is 0 Å². The van der Waals surface area contributed by atoms with E-state index in [-0.39, 0.29) is 17.8 Å². The Labute approximate surface area is 104 Å². The fourth-order valence-corrected chi connectivity index (χ4v) is 1.88. The number of aliphatic hydroxyl groups excluding tert-OH is 1. The van der Waals surface area contributed by atoms with Crippen LogP contribution in [0.2, 0.25) is 0 Å². The summed E-state index contributed by atoms with van der Waals surface area (Å²) in [7, 11) is 0. The summed E-state index contributed by atoms with van der Waals surface area (Å²) in [6.07, 6.45) is 1.04. The zero-order chi connectivity index (χ0) is 13.1. The van der Waals surface area contributed by atoms with Crippen LogP contribution in [0.15, 0.2) is 12.1 Å². The Hall–Kier alpha value is -1.89. The summed E-state index contributed by atoms with van der Waals surface area (Å²) >= 11 is 0. The largest absolute Gasteiger partial charge is 0.393 e. The van der Waals surface area contributed by atoms with Crippen LogP contribution in [0.25, 0.3) is 0 Å². The molecule has 1 heterocycles. The molecule has 0 aromatic carbocycles. The molecule has 18 heavy (non-hydrogen) atoms. The van der Waals surface area contributed by atoms with Crippen molar-refractivity contribution in [3.63, 3.8) is 0 Å². The van der Waals surface area contributed by atoms with Gasteiger partial charge in [-0.2, -0.15) is 0 Å². The molecule has 1 aliphatic carbocycles. The molecule has 3 N–H and O–H groups in total. The van der Waals surface area contributed by atoms with Crippen LogP contribution in [0.1, 0.15) is 19.8 Å². The second-order valence-corrected chi connectivity index (χ2v) is 4.35. The van der Waals surface area contributed by atoms with Crippen LogP contribution in [0.5, 0.6) is 0 Å². The third-order valence-corrected chi connectivity index (χ3v) is 2.84. The zero-order valence-electron chi connectivity index (χ0n) is 10.1. The van der Waals surface area contributed by atoms with Gasteiger partial charge in [-0.25, -0.2) is 4.98 Å². The molecule has 0 spiro atoms. The first-order valence-electron chi connectivity index (χ1n) is 5.93. The number of hydrogen-bond donors (Lipinski definition) is 3. The number of nitrogens with one attached hydrogen (secondary N) is 2. The summed E-state index contributed by atoms with van der Waals surface area (Å²) in [6, 6.07) is 2.96. The van der Waals surface area contributed by atoms with Crippen molar-refractivity contribution in [3.8, 4) is 0 Å². The number of nitro groups is 1. The minimum absolute atomic E-state index is 0.00308. The molecule has 7 heteroatoms. The van der Waals surface area contributed by atoms with E-state index in [1.54, 1.807) is 0 Å². The van der Waals surface area contributed by atoms with Gasteiger partial charge >= 0.3 is 0 Å². The highest BCUT2D eigenvalue weighted by molar-refractivity contribution is 5.55. The molecule has 7 nitrogen and oxygen atoms in total. The maximum absolute atomic E-state index is 10.8. The fraction of sp³-hybridized carbons (Fsp3) is 0.545. The molecule has 1 aliphatic rings. The third-order valence-electron chi connectivity index (χ3n) is 2.84. The molecule has 1 saturated carbocycles. The minimum atomic E-state index is -0.441. The van der Waals surface area contributed by atoms with Crippen LogP contribution >= 0.6 is 0 Å². The molecule has 1 fully saturated rings. The van der Waals surface area contributed by atoms with Gasteiger partial charge in [-0.05, 0) is 19.8 Å². The Morgan fingerprint density at radius 1 is 1.50 bits per heavy atom. The molecule has 0 radical (unpaired) electrons. The highest BCUT2D eigenvalue weighted by Crippen LogP contribution is 2.26. The molecule has 1 aromatic rings. The van der Waals surface area contributed by atoms with E-state index in [1.807, 2.05) is 6.92 Å². The lowest BCUT2D eigenvalue weighted by molar-refractivity contribution is -0.384. The van der Waals surface area contributed by atoms with E-state index >= 15 is 0 Å². The van der Waals surface area contributed by atoms with E-state index in [4.69, 9.17) is 0 Å². The Kier molecular flexibility index (Phi) is 3.61. The van der Waals surface area contributed by atoms with E-state index in [9.17, 15) is 15.2 Å². The summed E-state index contributed by atoms with van der Waals surface area (Å²) in [4.78, 5) is 14.6. The standard InChI is InChI=1S/C11H16N4O3/c1-2-12-10-5-8(15(17)18)6-11(14-10)13-7-3-9(16)4-7/h5-7,9,16H,2-4H2,1H3,(H2,12,13,14). The Balaban J connectivity index is 2.14. The van der Waals surface area contributed by atoms with Crippen LogP contribution in [-0.4, -0.2) is 33.7 Å². The van der Waals surface area contributed by atoms with Gasteiger partial charge in [0.1, 0.15) is 11.6 Å². The van der Waals surface area contributed by atoms with E-state index in [1.165, 1.54) is 12.1 Å². The molecule has 0 bridgehead atoms. The van der Waals surface area contributed by atoms with Crippen LogP contribution < -0.4 is 10.6 Å². The number of aliphatic hydroxyl groups is 1. The first-order chi connectivity index (χ1) is 8.58. The Bertz CT molecular complexity index is 446. The number of rotatable bonds is 5. The lowest BCUT2D eigenvalue weighted by atomic mass is 9.89. The average molecular weight is 252 g/mol. The van der Waals surface area contributed by atoms with Gasteiger partial charge in [0.2, 0.25) is 0 Å². The van der Waals surface area contributed by atoms with Gasteiger partial charge < -0.3 is 15.7 Å². The zero-order valence-corrected chi connectivity index (χ0v) is 10.1. The monoisotopic (exact) mass is 252 g/mol. The number of nitrogens with zero attached hydrogens (tertiary/aromatic N) is 2. The quantitative estimate of drug-likeness (QED) is 0.540.